The lowest BCUT2D eigenvalue weighted by Crippen LogP contribution is -2.03. The number of nitrogens with zero attached hydrogens (tertiary/aromatic N) is 2. The lowest BCUT2D eigenvalue weighted by atomic mass is 10.2. The third-order valence-electron chi connectivity index (χ3n) is 2.40. The van der Waals surface area contributed by atoms with Gasteiger partial charge in [-0.25, -0.2) is 9.07 Å². The second-order valence-corrected chi connectivity index (χ2v) is 4.34. The molecule has 0 N–H and O–H groups in total. The molecule has 84 valence electrons. The van der Waals surface area contributed by atoms with Crippen molar-refractivity contribution >= 4 is 27.5 Å². The average molecular weight is 304 g/mol. The Bertz CT molecular complexity index is 504. The van der Waals surface area contributed by atoms with Gasteiger partial charge in [0.15, 0.2) is 0 Å². The zero-order chi connectivity index (χ0) is 11.7. The minimum atomic E-state index is -0.375. The van der Waals surface area contributed by atoms with Gasteiger partial charge in [-0.3, -0.25) is 0 Å². The summed E-state index contributed by atoms with van der Waals surface area (Å²) >= 11 is 9.33. The Morgan fingerprint density at radius 3 is 2.81 bits per heavy atom. The molecule has 1 heterocycles. The van der Waals surface area contributed by atoms with Crippen molar-refractivity contribution in [3.63, 3.8) is 0 Å². The van der Waals surface area contributed by atoms with E-state index >= 15 is 0 Å². The second kappa shape index (κ2) is 4.55. The Labute approximate surface area is 106 Å². The molecule has 0 saturated heterocycles. The number of para-hydroxylation sites is 1. The highest BCUT2D eigenvalue weighted by molar-refractivity contribution is 9.08. The van der Waals surface area contributed by atoms with Gasteiger partial charge in [-0.05, 0) is 19.1 Å². The highest BCUT2D eigenvalue weighted by Crippen LogP contribution is 2.25. The van der Waals surface area contributed by atoms with Crippen molar-refractivity contribution in [2.24, 2.45) is 0 Å². The maximum Gasteiger partial charge on any atom is 0.150 e. The zero-order valence-electron chi connectivity index (χ0n) is 8.54. The Morgan fingerprint density at radius 1 is 1.50 bits per heavy atom. The molecule has 2 aromatic rings. The molecule has 0 atom stereocenters. The Balaban J connectivity index is 2.63. The number of benzene rings is 1. The Kier molecular flexibility index (Phi) is 3.30. The third kappa shape index (κ3) is 1.87. The molecule has 0 aliphatic carbocycles. The summed E-state index contributed by atoms with van der Waals surface area (Å²) in [6.07, 6.45) is 1.70. The largest absolute Gasteiger partial charge is 0.233 e. The predicted octanol–water partition coefficient (Wildman–Crippen LogP) is 3.87. The fraction of sp³-hybridized carbons (Fsp3) is 0.182. The van der Waals surface area contributed by atoms with E-state index in [-0.39, 0.29) is 5.82 Å². The summed E-state index contributed by atoms with van der Waals surface area (Å²) in [6, 6.07) is 4.59. The van der Waals surface area contributed by atoms with Crippen LogP contribution in [0, 0.1) is 12.7 Å². The second-order valence-electron chi connectivity index (χ2n) is 3.37. The van der Waals surface area contributed by atoms with Gasteiger partial charge < -0.3 is 0 Å². The van der Waals surface area contributed by atoms with Crippen molar-refractivity contribution in [3.8, 4) is 5.69 Å². The lowest BCUT2D eigenvalue weighted by Gasteiger charge is -2.08. The van der Waals surface area contributed by atoms with Crippen LogP contribution in [0.1, 0.15) is 11.3 Å². The highest BCUT2D eigenvalue weighted by Gasteiger charge is 2.13. The quantitative estimate of drug-likeness (QED) is 0.770. The standard InChI is InChI=1S/C11H9BrClFN2/c1-7-8(5-12)6-15-16(7)11-9(13)3-2-4-10(11)14/h2-4,6H,5H2,1H3. The molecule has 0 spiro atoms. The molecular weight excluding hydrogens is 294 g/mol. The number of aromatic nitrogens is 2. The molecule has 0 bridgehead atoms. The van der Waals surface area contributed by atoms with Crippen LogP contribution < -0.4 is 0 Å². The van der Waals surface area contributed by atoms with E-state index in [1.165, 1.54) is 10.7 Å². The molecule has 16 heavy (non-hydrogen) atoms. The van der Waals surface area contributed by atoms with Crippen LogP contribution in [-0.4, -0.2) is 9.78 Å². The van der Waals surface area contributed by atoms with Gasteiger partial charge in [0.1, 0.15) is 11.5 Å². The van der Waals surface area contributed by atoms with E-state index in [0.717, 1.165) is 11.3 Å². The van der Waals surface area contributed by atoms with Crippen molar-refractivity contribution in [1.29, 1.82) is 0 Å². The van der Waals surface area contributed by atoms with Crippen LogP contribution in [0.3, 0.4) is 0 Å². The normalized spacial score (nSPS) is 10.8. The van der Waals surface area contributed by atoms with E-state index in [0.29, 0.717) is 16.0 Å². The van der Waals surface area contributed by atoms with Gasteiger partial charge in [0.2, 0.25) is 0 Å². The zero-order valence-corrected chi connectivity index (χ0v) is 10.9. The molecule has 5 heteroatoms. The smallest absolute Gasteiger partial charge is 0.150 e. The van der Waals surface area contributed by atoms with Gasteiger partial charge in [0.05, 0.1) is 11.2 Å². The highest BCUT2D eigenvalue weighted by atomic mass is 79.9. The van der Waals surface area contributed by atoms with E-state index in [2.05, 4.69) is 21.0 Å². The number of halogens is 3. The van der Waals surface area contributed by atoms with Gasteiger partial charge in [-0.2, -0.15) is 5.10 Å². The lowest BCUT2D eigenvalue weighted by molar-refractivity contribution is 0.608. The molecule has 1 aromatic heterocycles. The molecule has 1 aromatic carbocycles. The van der Waals surface area contributed by atoms with Crippen molar-refractivity contribution in [2.75, 3.05) is 0 Å². The summed E-state index contributed by atoms with van der Waals surface area (Å²) in [5.74, 6) is -0.375. The monoisotopic (exact) mass is 302 g/mol. The molecule has 0 aliphatic heterocycles. The average Bonchev–Trinajstić information content (AvgIpc) is 2.60. The van der Waals surface area contributed by atoms with Crippen LogP contribution in [0.5, 0.6) is 0 Å². The molecule has 0 aliphatic rings. The maximum absolute atomic E-state index is 13.7. The van der Waals surface area contributed by atoms with Crippen LogP contribution in [-0.2, 0) is 5.33 Å². The van der Waals surface area contributed by atoms with E-state index in [1.807, 2.05) is 6.92 Å². The van der Waals surface area contributed by atoms with Crippen molar-refractivity contribution in [1.82, 2.24) is 9.78 Å². The Hall–Kier alpha value is -0.870. The van der Waals surface area contributed by atoms with Gasteiger partial charge >= 0.3 is 0 Å². The van der Waals surface area contributed by atoms with E-state index in [4.69, 9.17) is 11.6 Å². The van der Waals surface area contributed by atoms with Gasteiger partial charge in [-0.15, -0.1) is 0 Å². The number of alkyl halides is 1. The predicted molar refractivity (Wildman–Crippen MR) is 65.9 cm³/mol. The molecular formula is C11H9BrClFN2. The van der Waals surface area contributed by atoms with Crippen LogP contribution >= 0.6 is 27.5 Å². The van der Waals surface area contributed by atoms with Crippen LogP contribution in [0.15, 0.2) is 24.4 Å². The van der Waals surface area contributed by atoms with Gasteiger partial charge in [0.25, 0.3) is 0 Å². The summed E-state index contributed by atoms with van der Waals surface area (Å²) in [5.41, 5.74) is 2.19. The topological polar surface area (TPSA) is 17.8 Å². The first-order valence-electron chi connectivity index (χ1n) is 4.69. The summed E-state index contributed by atoms with van der Waals surface area (Å²) in [4.78, 5) is 0. The summed E-state index contributed by atoms with van der Waals surface area (Å²) in [7, 11) is 0. The minimum absolute atomic E-state index is 0.300. The molecule has 0 amide bonds. The maximum atomic E-state index is 13.7. The first-order chi connectivity index (χ1) is 7.65. The van der Waals surface area contributed by atoms with Gasteiger partial charge in [0, 0.05) is 16.6 Å². The first-order valence-corrected chi connectivity index (χ1v) is 6.19. The molecule has 2 nitrogen and oxygen atoms in total. The summed E-state index contributed by atoms with van der Waals surface area (Å²) in [6.45, 7) is 1.88. The number of hydrogen-bond donors (Lipinski definition) is 0. The first kappa shape index (κ1) is 11.6. The minimum Gasteiger partial charge on any atom is -0.233 e. The van der Waals surface area contributed by atoms with E-state index in [1.54, 1.807) is 18.3 Å². The molecule has 2 rings (SSSR count). The van der Waals surface area contributed by atoms with E-state index < -0.39 is 0 Å². The van der Waals surface area contributed by atoms with Crippen LogP contribution in [0.25, 0.3) is 5.69 Å². The van der Waals surface area contributed by atoms with Crippen molar-refractivity contribution in [2.45, 2.75) is 12.3 Å². The summed E-state index contributed by atoms with van der Waals surface area (Å²) in [5, 5.41) is 5.18. The number of rotatable bonds is 2. The molecule has 0 saturated carbocycles. The van der Waals surface area contributed by atoms with Crippen molar-refractivity contribution in [3.05, 3.63) is 46.5 Å². The molecule has 0 unspecified atom stereocenters. The van der Waals surface area contributed by atoms with Crippen LogP contribution in [0.4, 0.5) is 4.39 Å². The molecule has 0 fully saturated rings. The van der Waals surface area contributed by atoms with E-state index in [9.17, 15) is 4.39 Å². The van der Waals surface area contributed by atoms with Crippen molar-refractivity contribution < 1.29 is 4.39 Å². The SMILES string of the molecule is Cc1c(CBr)cnn1-c1c(F)cccc1Cl. The Morgan fingerprint density at radius 2 is 2.25 bits per heavy atom. The van der Waals surface area contributed by atoms with Crippen LogP contribution in [0.2, 0.25) is 5.02 Å². The fourth-order valence-corrected chi connectivity index (χ4v) is 2.29. The number of hydrogen-bond acceptors (Lipinski definition) is 1. The van der Waals surface area contributed by atoms with Gasteiger partial charge in [-0.1, -0.05) is 33.6 Å². The third-order valence-corrected chi connectivity index (χ3v) is 3.31. The molecule has 0 radical (unpaired) electrons. The summed E-state index contributed by atoms with van der Waals surface area (Å²) < 4.78 is 15.2. The fourth-order valence-electron chi connectivity index (χ4n) is 1.49.